The van der Waals surface area contributed by atoms with Gasteiger partial charge in [0.1, 0.15) is 11.8 Å². The number of carbonyl (C=O) groups excluding carboxylic acids is 1. The van der Waals surface area contributed by atoms with Gasteiger partial charge in [-0.3, -0.25) is 9.69 Å². The summed E-state index contributed by atoms with van der Waals surface area (Å²) in [4.78, 5) is 14.2. The molecule has 2 fully saturated rings. The fourth-order valence-electron chi connectivity index (χ4n) is 3.65. The van der Waals surface area contributed by atoms with Crippen LogP contribution in [-0.4, -0.2) is 43.7 Å². The van der Waals surface area contributed by atoms with E-state index in [4.69, 9.17) is 15.2 Å². The van der Waals surface area contributed by atoms with Crippen molar-refractivity contribution in [2.24, 2.45) is 17.6 Å². The van der Waals surface area contributed by atoms with Crippen LogP contribution < -0.4 is 10.5 Å². The topological polar surface area (TPSA) is 64.8 Å². The summed E-state index contributed by atoms with van der Waals surface area (Å²) in [5, 5.41) is 0. The Morgan fingerprint density at radius 3 is 3.00 bits per heavy atom. The molecule has 1 aromatic carbocycles. The van der Waals surface area contributed by atoms with E-state index in [9.17, 15) is 4.79 Å². The van der Waals surface area contributed by atoms with Crippen LogP contribution in [0.5, 0.6) is 5.75 Å². The zero-order valence-electron chi connectivity index (χ0n) is 12.5. The quantitative estimate of drug-likeness (QED) is 0.836. The highest BCUT2D eigenvalue weighted by molar-refractivity contribution is 5.78. The third-order valence-electron chi connectivity index (χ3n) is 4.71. The molecule has 0 aliphatic carbocycles. The summed E-state index contributed by atoms with van der Waals surface area (Å²) in [5.41, 5.74) is 8.06. The zero-order valence-corrected chi connectivity index (χ0v) is 12.5. The molecule has 1 unspecified atom stereocenters. The molecule has 1 aromatic rings. The number of hydrogen-bond acceptors (Lipinski definition) is 5. The summed E-state index contributed by atoms with van der Waals surface area (Å²) in [6, 6.07) is 5.95. The van der Waals surface area contributed by atoms with Crippen LogP contribution in [0.2, 0.25) is 0 Å². The maximum atomic E-state index is 12.0. The van der Waals surface area contributed by atoms with E-state index in [1.807, 2.05) is 19.1 Å². The largest absolute Gasteiger partial charge is 0.496 e. The molecule has 0 radical (unpaired) electrons. The summed E-state index contributed by atoms with van der Waals surface area (Å²) in [5.74, 6) is 1.36. The second kappa shape index (κ2) is 5.66. The van der Waals surface area contributed by atoms with Gasteiger partial charge in [0.05, 0.1) is 13.7 Å². The Bertz CT molecular complexity index is 546. The van der Waals surface area contributed by atoms with Crippen molar-refractivity contribution < 1.29 is 14.3 Å². The minimum Gasteiger partial charge on any atom is -0.496 e. The van der Waals surface area contributed by atoms with Crippen LogP contribution in [0.1, 0.15) is 11.1 Å². The SMILES string of the molecule is COc1c(C)cccc1CN1CC(CN)[C@H]2COC(=O)[C@H]21. The molecular formula is C16H22N2O3. The average Bonchev–Trinajstić information content (AvgIpc) is 3.01. The molecule has 2 N–H and O–H groups in total. The first kappa shape index (κ1) is 14.4. The molecule has 0 spiro atoms. The number of carbonyl (C=O) groups is 1. The van der Waals surface area contributed by atoms with Gasteiger partial charge in [0.25, 0.3) is 0 Å². The van der Waals surface area contributed by atoms with Crippen molar-refractivity contribution in [1.29, 1.82) is 0 Å². The molecule has 0 saturated carbocycles. The van der Waals surface area contributed by atoms with Crippen LogP contribution in [0.4, 0.5) is 0 Å². The van der Waals surface area contributed by atoms with Gasteiger partial charge in [0, 0.05) is 24.6 Å². The summed E-state index contributed by atoms with van der Waals surface area (Å²) in [7, 11) is 1.69. The van der Waals surface area contributed by atoms with Crippen LogP contribution in [0, 0.1) is 18.8 Å². The van der Waals surface area contributed by atoms with E-state index in [2.05, 4.69) is 11.0 Å². The first-order chi connectivity index (χ1) is 10.2. The van der Waals surface area contributed by atoms with Crippen molar-refractivity contribution in [2.75, 3.05) is 26.8 Å². The number of para-hydroxylation sites is 1. The standard InChI is InChI=1S/C16H22N2O3/c1-10-4-3-5-11(15(10)20-2)7-18-8-12(6-17)13-9-21-16(19)14(13)18/h3-5,12-14H,6-9,17H2,1-2H3/t12?,13-,14+/m1/s1. The van der Waals surface area contributed by atoms with Crippen LogP contribution in [0.3, 0.4) is 0 Å². The molecule has 3 rings (SSSR count). The predicted octanol–water partition coefficient (Wildman–Crippen LogP) is 0.936. The number of cyclic esters (lactones) is 1. The molecule has 2 heterocycles. The Labute approximate surface area is 125 Å². The van der Waals surface area contributed by atoms with E-state index in [-0.39, 0.29) is 17.9 Å². The van der Waals surface area contributed by atoms with E-state index in [0.29, 0.717) is 25.6 Å². The average molecular weight is 290 g/mol. The van der Waals surface area contributed by atoms with Gasteiger partial charge in [-0.25, -0.2) is 0 Å². The van der Waals surface area contributed by atoms with Crippen molar-refractivity contribution in [2.45, 2.75) is 19.5 Å². The Morgan fingerprint density at radius 1 is 1.48 bits per heavy atom. The lowest BCUT2D eigenvalue weighted by atomic mass is 9.93. The number of ether oxygens (including phenoxy) is 2. The Kier molecular flexibility index (Phi) is 3.87. The minimum absolute atomic E-state index is 0.109. The minimum atomic E-state index is -0.149. The second-order valence-electron chi connectivity index (χ2n) is 5.93. The summed E-state index contributed by atoms with van der Waals surface area (Å²) in [6.45, 7) is 4.67. The lowest BCUT2D eigenvalue weighted by Gasteiger charge is -2.22. The number of rotatable bonds is 4. The molecule has 3 atom stereocenters. The molecule has 5 nitrogen and oxygen atoms in total. The maximum Gasteiger partial charge on any atom is 0.323 e. The molecular weight excluding hydrogens is 268 g/mol. The van der Waals surface area contributed by atoms with Crippen LogP contribution in [0.15, 0.2) is 18.2 Å². The molecule has 0 bridgehead atoms. The molecule has 0 amide bonds. The number of aryl methyl sites for hydroxylation is 1. The predicted molar refractivity (Wildman–Crippen MR) is 78.9 cm³/mol. The molecule has 2 saturated heterocycles. The lowest BCUT2D eigenvalue weighted by molar-refractivity contribution is -0.142. The number of likely N-dealkylation sites (tertiary alicyclic amines) is 1. The Balaban J connectivity index is 1.85. The first-order valence-corrected chi connectivity index (χ1v) is 7.39. The molecule has 5 heteroatoms. The van der Waals surface area contributed by atoms with E-state index < -0.39 is 0 Å². The highest BCUT2D eigenvalue weighted by Crippen LogP contribution is 2.37. The number of benzene rings is 1. The number of esters is 1. The Hall–Kier alpha value is -1.59. The summed E-state index contributed by atoms with van der Waals surface area (Å²) >= 11 is 0. The smallest absolute Gasteiger partial charge is 0.323 e. The van der Waals surface area contributed by atoms with Crippen molar-refractivity contribution in [3.63, 3.8) is 0 Å². The van der Waals surface area contributed by atoms with Crippen LogP contribution in [-0.2, 0) is 16.1 Å². The van der Waals surface area contributed by atoms with Gasteiger partial charge < -0.3 is 15.2 Å². The van der Waals surface area contributed by atoms with Gasteiger partial charge >= 0.3 is 5.97 Å². The highest BCUT2D eigenvalue weighted by Gasteiger charge is 2.50. The number of nitrogens with two attached hydrogens (primary N) is 1. The molecule has 114 valence electrons. The van der Waals surface area contributed by atoms with Crippen molar-refractivity contribution in [3.8, 4) is 5.75 Å². The molecule has 2 aliphatic rings. The van der Waals surface area contributed by atoms with Crippen LogP contribution >= 0.6 is 0 Å². The van der Waals surface area contributed by atoms with Gasteiger partial charge in [-0.2, -0.15) is 0 Å². The number of fused-ring (bicyclic) bond motifs is 1. The van der Waals surface area contributed by atoms with Gasteiger partial charge in [0.2, 0.25) is 0 Å². The van der Waals surface area contributed by atoms with E-state index in [1.54, 1.807) is 7.11 Å². The number of hydrogen-bond donors (Lipinski definition) is 1. The normalized spacial score (nSPS) is 28.5. The maximum absolute atomic E-state index is 12.0. The molecule has 0 aromatic heterocycles. The number of nitrogens with zero attached hydrogens (tertiary/aromatic N) is 1. The van der Waals surface area contributed by atoms with E-state index in [0.717, 1.165) is 23.4 Å². The van der Waals surface area contributed by atoms with Gasteiger partial charge in [0.15, 0.2) is 0 Å². The zero-order chi connectivity index (χ0) is 15.0. The fraction of sp³-hybridized carbons (Fsp3) is 0.562. The number of methoxy groups -OCH3 is 1. The van der Waals surface area contributed by atoms with Gasteiger partial charge in [-0.1, -0.05) is 18.2 Å². The van der Waals surface area contributed by atoms with Crippen LogP contribution in [0.25, 0.3) is 0 Å². The Morgan fingerprint density at radius 2 is 2.29 bits per heavy atom. The van der Waals surface area contributed by atoms with Crippen molar-refractivity contribution >= 4 is 5.97 Å². The second-order valence-corrected chi connectivity index (χ2v) is 5.93. The van der Waals surface area contributed by atoms with Crippen molar-refractivity contribution in [3.05, 3.63) is 29.3 Å². The fourth-order valence-corrected chi connectivity index (χ4v) is 3.65. The summed E-state index contributed by atoms with van der Waals surface area (Å²) < 4.78 is 10.7. The third kappa shape index (κ3) is 2.40. The van der Waals surface area contributed by atoms with Gasteiger partial charge in [-0.05, 0) is 24.9 Å². The van der Waals surface area contributed by atoms with E-state index in [1.165, 1.54) is 0 Å². The summed E-state index contributed by atoms with van der Waals surface area (Å²) in [6.07, 6.45) is 0. The van der Waals surface area contributed by atoms with Gasteiger partial charge in [-0.15, -0.1) is 0 Å². The lowest BCUT2D eigenvalue weighted by Crippen LogP contribution is -2.35. The molecule has 2 aliphatic heterocycles. The monoisotopic (exact) mass is 290 g/mol. The third-order valence-corrected chi connectivity index (χ3v) is 4.71. The van der Waals surface area contributed by atoms with Crippen molar-refractivity contribution in [1.82, 2.24) is 4.90 Å². The first-order valence-electron chi connectivity index (χ1n) is 7.39. The molecule has 21 heavy (non-hydrogen) atoms. The highest BCUT2D eigenvalue weighted by atomic mass is 16.5. The van der Waals surface area contributed by atoms with E-state index >= 15 is 0 Å².